The topological polar surface area (TPSA) is 54.9 Å². The maximum Gasteiger partial charge on any atom is 0.191 e. The van der Waals surface area contributed by atoms with Crippen molar-refractivity contribution in [2.75, 3.05) is 40.0 Å². The molecule has 144 valence electrons. The highest BCUT2D eigenvalue weighted by Gasteiger charge is 2.44. The first kappa shape index (κ1) is 19.1. The van der Waals surface area contributed by atoms with Crippen molar-refractivity contribution in [2.45, 2.75) is 43.6 Å². The van der Waals surface area contributed by atoms with E-state index >= 15 is 0 Å². The molecule has 0 spiro atoms. The number of hydrogen-bond donors (Lipinski definition) is 2. The number of nitrogens with zero attached hydrogens (tertiary/aromatic N) is 1. The Balaban J connectivity index is 1.63. The third-order valence-corrected chi connectivity index (χ3v) is 5.59. The molecule has 1 aliphatic carbocycles. The van der Waals surface area contributed by atoms with Crippen molar-refractivity contribution >= 4 is 5.96 Å². The summed E-state index contributed by atoms with van der Waals surface area (Å²) < 4.78 is 24.8. The van der Waals surface area contributed by atoms with Gasteiger partial charge in [0.25, 0.3) is 0 Å². The second-order valence-electron chi connectivity index (χ2n) is 7.34. The number of guanidine groups is 1. The van der Waals surface area contributed by atoms with Gasteiger partial charge in [-0.25, -0.2) is 4.39 Å². The molecule has 1 aromatic carbocycles. The number of aliphatic imine (C=N–C) groups is 1. The van der Waals surface area contributed by atoms with Crippen LogP contribution in [0.2, 0.25) is 0 Å². The molecule has 0 amide bonds. The van der Waals surface area contributed by atoms with Gasteiger partial charge >= 0.3 is 0 Å². The van der Waals surface area contributed by atoms with E-state index in [4.69, 9.17) is 14.5 Å². The predicted octanol–water partition coefficient (Wildman–Crippen LogP) is 2.61. The Morgan fingerprint density at radius 2 is 2.00 bits per heavy atom. The van der Waals surface area contributed by atoms with E-state index in [9.17, 15) is 4.39 Å². The van der Waals surface area contributed by atoms with Crippen LogP contribution in [0, 0.1) is 5.82 Å². The van der Waals surface area contributed by atoms with Gasteiger partial charge in [-0.2, -0.15) is 0 Å². The van der Waals surface area contributed by atoms with Gasteiger partial charge in [-0.3, -0.25) is 4.99 Å². The van der Waals surface area contributed by atoms with Gasteiger partial charge in [0, 0.05) is 51.7 Å². The molecule has 2 aliphatic rings. The van der Waals surface area contributed by atoms with Crippen molar-refractivity contribution in [3.63, 3.8) is 0 Å². The molecule has 2 N–H and O–H groups in total. The van der Waals surface area contributed by atoms with Gasteiger partial charge in [0.15, 0.2) is 5.96 Å². The molecule has 1 aliphatic heterocycles. The Labute approximate surface area is 155 Å². The summed E-state index contributed by atoms with van der Waals surface area (Å²) in [6.07, 6.45) is 3.86. The molecule has 6 heteroatoms. The van der Waals surface area contributed by atoms with Crippen LogP contribution in [-0.2, 0) is 14.9 Å². The first-order valence-electron chi connectivity index (χ1n) is 9.53. The number of halogens is 1. The van der Waals surface area contributed by atoms with E-state index < -0.39 is 0 Å². The summed E-state index contributed by atoms with van der Waals surface area (Å²) in [5.41, 5.74) is 0.856. The third-order valence-electron chi connectivity index (χ3n) is 5.59. The van der Waals surface area contributed by atoms with Crippen LogP contribution in [0.4, 0.5) is 4.39 Å². The van der Waals surface area contributed by atoms with Gasteiger partial charge in [0.1, 0.15) is 5.82 Å². The highest BCUT2D eigenvalue weighted by atomic mass is 19.1. The lowest BCUT2D eigenvalue weighted by molar-refractivity contribution is -0.0828. The maximum absolute atomic E-state index is 13.6. The van der Waals surface area contributed by atoms with Crippen LogP contribution >= 0.6 is 0 Å². The molecule has 5 nitrogen and oxygen atoms in total. The lowest BCUT2D eigenvalue weighted by Gasteiger charge is -2.34. The molecule has 1 saturated carbocycles. The van der Waals surface area contributed by atoms with E-state index in [1.165, 1.54) is 6.07 Å². The first-order valence-corrected chi connectivity index (χ1v) is 9.53. The number of nitrogens with one attached hydrogen (secondary N) is 2. The lowest BCUT2D eigenvalue weighted by Crippen LogP contribution is -2.45. The summed E-state index contributed by atoms with van der Waals surface area (Å²) >= 11 is 0. The van der Waals surface area contributed by atoms with Crippen LogP contribution in [0.1, 0.15) is 38.2 Å². The molecule has 0 atom stereocenters. The van der Waals surface area contributed by atoms with Crippen molar-refractivity contribution < 1.29 is 13.9 Å². The Bertz CT molecular complexity index is 625. The van der Waals surface area contributed by atoms with Crippen LogP contribution in [0.3, 0.4) is 0 Å². The van der Waals surface area contributed by atoms with Crippen LogP contribution in [0.5, 0.6) is 0 Å². The molecule has 0 aromatic heterocycles. The molecule has 3 rings (SSSR count). The molecule has 1 aromatic rings. The van der Waals surface area contributed by atoms with Crippen molar-refractivity contribution in [1.29, 1.82) is 0 Å². The zero-order valence-corrected chi connectivity index (χ0v) is 15.8. The SMILES string of the molecule is CCNC(=NCC1(OC)CCOCC1)NCC1(c2cccc(F)c2)CC1. The van der Waals surface area contributed by atoms with Crippen molar-refractivity contribution in [3.8, 4) is 0 Å². The maximum atomic E-state index is 13.6. The molecule has 1 heterocycles. The van der Waals surface area contributed by atoms with Gasteiger partial charge in [-0.1, -0.05) is 12.1 Å². The van der Waals surface area contributed by atoms with Crippen LogP contribution in [0.15, 0.2) is 29.3 Å². The molecule has 2 fully saturated rings. The molecule has 0 unspecified atom stereocenters. The van der Waals surface area contributed by atoms with E-state index in [-0.39, 0.29) is 16.8 Å². The van der Waals surface area contributed by atoms with Gasteiger partial charge in [-0.05, 0) is 37.5 Å². The van der Waals surface area contributed by atoms with Crippen LogP contribution < -0.4 is 10.6 Å². The van der Waals surface area contributed by atoms with Crippen molar-refractivity contribution in [2.24, 2.45) is 4.99 Å². The standard InChI is InChI=1S/C20H30FN3O2/c1-3-22-18(24-15-20(25-2)9-11-26-12-10-20)23-14-19(7-8-19)16-5-4-6-17(21)13-16/h4-6,13H,3,7-12,14-15H2,1-2H3,(H2,22,23,24). The van der Waals surface area contributed by atoms with Crippen LogP contribution in [-0.4, -0.2) is 51.5 Å². The number of methoxy groups -OCH3 is 1. The van der Waals surface area contributed by atoms with E-state index in [1.54, 1.807) is 19.2 Å². The highest BCUT2D eigenvalue weighted by Crippen LogP contribution is 2.47. The summed E-state index contributed by atoms with van der Waals surface area (Å²) in [4.78, 5) is 4.76. The normalized spacial score (nSPS) is 21.3. The predicted molar refractivity (Wildman–Crippen MR) is 101 cm³/mol. The van der Waals surface area contributed by atoms with Crippen molar-refractivity contribution in [1.82, 2.24) is 10.6 Å². The fourth-order valence-corrected chi connectivity index (χ4v) is 3.52. The number of rotatable bonds is 7. The molecule has 1 saturated heterocycles. The van der Waals surface area contributed by atoms with E-state index in [2.05, 4.69) is 17.6 Å². The largest absolute Gasteiger partial charge is 0.381 e. The third kappa shape index (κ3) is 4.54. The monoisotopic (exact) mass is 363 g/mol. The summed E-state index contributed by atoms with van der Waals surface area (Å²) in [6.45, 7) is 5.64. The molecule has 0 radical (unpaired) electrons. The smallest absolute Gasteiger partial charge is 0.191 e. The Kier molecular flexibility index (Phi) is 6.14. The minimum absolute atomic E-state index is 0.0237. The zero-order chi connectivity index (χ0) is 18.5. The minimum atomic E-state index is -0.236. The van der Waals surface area contributed by atoms with Crippen molar-refractivity contribution in [3.05, 3.63) is 35.6 Å². The second kappa shape index (κ2) is 8.35. The van der Waals surface area contributed by atoms with Crippen LogP contribution in [0.25, 0.3) is 0 Å². The fourth-order valence-electron chi connectivity index (χ4n) is 3.52. The molecular formula is C20H30FN3O2. The fraction of sp³-hybridized carbons (Fsp3) is 0.650. The Hall–Kier alpha value is -1.66. The van der Waals surface area contributed by atoms with E-state index in [1.807, 2.05) is 6.07 Å². The number of benzene rings is 1. The summed E-state index contributed by atoms with van der Waals surface area (Å²) in [5.74, 6) is 0.619. The first-order chi connectivity index (χ1) is 12.6. The quantitative estimate of drug-likeness (QED) is 0.578. The molecule has 26 heavy (non-hydrogen) atoms. The lowest BCUT2D eigenvalue weighted by atomic mass is 9.94. The average molecular weight is 363 g/mol. The highest BCUT2D eigenvalue weighted by molar-refractivity contribution is 5.80. The van der Waals surface area contributed by atoms with E-state index in [0.29, 0.717) is 6.54 Å². The van der Waals surface area contributed by atoms with Gasteiger partial charge in [0.2, 0.25) is 0 Å². The van der Waals surface area contributed by atoms with Gasteiger partial charge in [0.05, 0.1) is 12.1 Å². The molecule has 0 bridgehead atoms. The Morgan fingerprint density at radius 3 is 2.62 bits per heavy atom. The summed E-state index contributed by atoms with van der Waals surface area (Å²) in [7, 11) is 1.75. The Morgan fingerprint density at radius 1 is 1.23 bits per heavy atom. The van der Waals surface area contributed by atoms with Gasteiger partial charge in [-0.15, -0.1) is 0 Å². The number of hydrogen-bond acceptors (Lipinski definition) is 3. The van der Waals surface area contributed by atoms with E-state index in [0.717, 1.165) is 63.5 Å². The number of ether oxygens (including phenoxy) is 2. The average Bonchev–Trinajstić information content (AvgIpc) is 3.46. The van der Waals surface area contributed by atoms with Gasteiger partial charge < -0.3 is 20.1 Å². The summed E-state index contributed by atoms with van der Waals surface area (Å²) in [6, 6.07) is 6.96. The zero-order valence-electron chi connectivity index (χ0n) is 15.8. The second-order valence-corrected chi connectivity index (χ2v) is 7.34. The summed E-state index contributed by atoms with van der Waals surface area (Å²) in [5, 5.41) is 6.76. The molecular weight excluding hydrogens is 333 g/mol. The minimum Gasteiger partial charge on any atom is -0.381 e.